The van der Waals surface area contributed by atoms with E-state index < -0.39 is 12.8 Å². The first-order valence-electron chi connectivity index (χ1n) is 6.73. The molecule has 0 bridgehead atoms. The van der Waals surface area contributed by atoms with Crippen LogP contribution >= 0.6 is 0 Å². The van der Waals surface area contributed by atoms with Crippen LogP contribution in [0.4, 0.5) is 13.2 Å². The van der Waals surface area contributed by atoms with Gasteiger partial charge in [-0.2, -0.15) is 13.2 Å². The van der Waals surface area contributed by atoms with Crippen LogP contribution in [0.3, 0.4) is 0 Å². The van der Waals surface area contributed by atoms with E-state index in [9.17, 15) is 13.2 Å². The molecule has 2 rings (SSSR count). The van der Waals surface area contributed by atoms with Gasteiger partial charge in [0, 0.05) is 0 Å². The molecule has 9 heteroatoms. The molecule has 1 radical (unpaired) electrons. The first kappa shape index (κ1) is 16.9. The molecule has 0 aliphatic rings. The number of ether oxygens (including phenoxy) is 2. The molecule has 123 valence electrons. The molecule has 0 aromatic carbocycles. The van der Waals surface area contributed by atoms with Crippen LogP contribution in [0.15, 0.2) is 18.6 Å². The Morgan fingerprint density at radius 3 is 2.30 bits per heavy atom. The van der Waals surface area contributed by atoms with Crippen molar-refractivity contribution in [1.29, 1.82) is 0 Å². The van der Waals surface area contributed by atoms with Gasteiger partial charge in [0.15, 0.2) is 6.61 Å². The minimum atomic E-state index is -4.43. The summed E-state index contributed by atoms with van der Waals surface area (Å²) in [7, 11) is 0. The van der Waals surface area contributed by atoms with E-state index in [1.165, 1.54) is 12.4 Å². The SMILES string of the molecule is CC(C)COc1cnc(-c2[c]nc(OCC(F)(F)F)cn2)cn1. The Hall–Kier alpha value is -2.45. The van der Waals surface area contributed by atoms with Crippen LogP contribution in [0.1, 0.15) is 13.8 Å². The zero-order chi connectivity index (χ0) is 16.9. The molecule has 2 heterocycles. The lowest BCUT2D eigenvalue weighted by atomic mass is 10.2. The summed E-state index contributed by atoms with van der Waals surface area (Å²) in [6, 6.07) is 0. The molecule has 0 aliphatic heterocycles. The van der Waals surface area contributed by atoms with E-state index in [4.69, 9.17) is 4.74 Å². The zero-order valence-electron chi connectivity index (χ0n) is 12.5. The van der Waals surface area contributed by atoms with Crippen molar-refractivity contribution in [2.45, 2.75) is 20.0 Å². The van der Waals surface area contributed by atoms with E-state index in [-0.39, 0.29) is 11.6 Å². The first-order chi connectivity index (χ1) is 10.8. The molecule has 6 nitrogen and oxygen atoms in total. The minimum absolute atomic E-state index is 0.243. The number of alkyl halides is 3. The number of halogens is 3. The fraction of sp³-hybridized carbons (Fsp3) is 0.429. The predicted molar refractivity (Wildman–Crippen MR) is 73.8 cm³/mol. The Morgan fingerprint density at radius 1 is 1.04 bits per heavy atom. The lowest BCUT2D eigenvalue weighted by Gasteiger charge is -2.08. The second-order valence-corrected chi connectivity index (χ2v) is 5.02. The second-order valence-electron chi connectivity index (χ2n) is 5.02. The molecule has 23 heavy (non-hydrogen) atoms. The van der Waals surface area contributed by atoms with Gasteiger partial charge < -0.3 is 9.47 Å². The van der Waals surface area contributed by atoms with Crippen molar-refractivity contribution in [3.63, 3.8) is 0 Å². The number of aromatic nitrogens is 4. The van der Waals surface area contributed by atoms with Crippen molar-refractivity contribution in [3.8, 4) is 23.1 Å². The minimum Gasteiger partial charge on any atom is -0.476 e. The van der Waals surface area contributed by atoms with Crippen molar-refractivity contribution in [3.05, 3.63) is 24.8 Å². The Balaban J connectivity index is 1.99. The maximum absolute atomic E-state index is 12.0. The molecule has 0 unspecified atom stereocenters. The number of hydrogen-bond acceptors (Lipinski definition) is 6. The average molecular weight is 327 g/mol. The Labute approximate surface area is 130 Å². The monoisotopic (exact) mass is 327 g/mol. The normalized spacial score (nSPS) is 11.6. The highest BCUT2D eigenvalue weighted by Gasteiger charge is 2.28. The molecule has 0 fully saturated rings. The van der Waals surface area contributed by atoms with E-state index in [0.717, 1.165) is 6.20 Å². The third kappa shape index (κ3) is 5.68. The van der Waals surface area contributed by atoms with E-state index in [2.05, 4.69) is 30.9 Å². The van der Waals surface area contributed by atoms with E-state index in [1.807, 2.05) is 13.8 Å². The van der Waals surface area contributed by atoms with Crippen molar-refractivity contribution in [1.82, 2.24) is 19.9 Å². The molecule has 2 aromatic rings. The molecule has 0 amide bonds. The van der Waals surface area contributed by atoms with Crippen LogP contribution < -0.4 is 9.47 Å². The number of hydrogen-bond donors (Lipinski definition) is 0. The topological polar surface area (TPSA) is 70.0 Å². The third-order valence-electron chi connectivity index (χ3n) is 2.40. The molecule has 0 saturated heterocycles. The molecular formula is C14H14F3N4O2. The molecule has 0 saturated carbocycles. The van der Waals surface area contributed by atoms with E-state index in [1.54, 1.807) is 0 Å². The molecule has 0 spiro atoms. The lowest BCUT2D eigenvalue weighted by molar-refractivity contribution is -0.154. The predicted octanol–water partition coefficient (Wildman–Crippen LogP) is 2.71. The smallest absolute Gasteiger partial charge is 0.422 e. The average Bonchev–Trinajstić information content (AvgIpc) is 2.51. The summed E-state index contributed by atoms with van der Waals surface area (Å²) in [5, 5.41) is 0. The van der Waals surface area contributed by atoms with Gasteiger partial charge in [0.1, 0.15) is 17.6 Å². The van der Waals surface area contributed by atoms with Crippen LogP contribution in [0, 0.1) is 12.1 Å². The second kappa shape index (κ2) is 7.21. The van der Waals surface area contributed by atoms with Crippen molar-refractivity contribution >= 4 is 0 Å². The highest BCUT2D eigenvalue weighted by molar-refractivity contribution is 5.50. The number of rotatable bonds is 6. The van der Waals surface area contributed by atoms with Crippen molar-refractivity contribution < 1.29 is 22.6 Å². The van der Waals surface area contributed by atoms with Crippen molar-refractivity contribution in [2.24, 2.45) is 5.92 Å². The van der Waals surface area contributed by atoms with Crippen LogP contribution in [-0.4, -0.2) is 39.3 Å². The Kier molecular flexibility index (Phi) is 5.30. The lowest BCUT2D eigenvalue weighted by Crippen LogP contribution is -2.19. The fourth-order valence-electron chi connectivity index (χ4n) is 1.40. The van der Waals surface area contributed by atoms with E-state index in [0.29, 0.717) is 24.1 Å². The van der Waals surface area contributed by atoms with Crippen LogP contribution in [-0.2, 0) is 0 Å². The quantitative estimate of drug-likeness (QED) is 0.812. The van der Waals surface area contributed by atoms with Gasteiger partial charge >= 0.3 is 6.18 Å². The maximum Gasteiger partial charge on any atom is 0.422 e. The fourth-order valence-corrected chi connectivity index (χ4v) is 1.40. The van der Waals surface area contributed by atoms with Gasteiger partial charge in [-0.05, 0) is 5.92 Å². The molecule has 2 aromatic heterocycles. The van der Waals surface area contributed by atoms with Crippen LogP contribution in [0.2, 0.25) is 0 Å². The highest BCUT2D eigenvalue weighted by Crippen LogP contribution is 2.18. The summed E-state index contributed by atoms with van der Waals surface area (Å²) >= 11 is 0. The van der Waals surface area contributed by atoms with Crippen LogP contribution in [0.25, 0.3) is 11.4 Å². The summed E-state index contributed by atoms with van der Waals surface area (Å²) in [4.78, 5) is 15.7. The summed E-state index contributed by atoms with van der Waals surface area (Å²) in [6.45, 7) is 3.10. The van der Waals surface area contributed by atoms with Crippen molar-refractivity contribution in [2.75, 3.05) is 13.2 Å². The van der Waals surface area contributed by atoms with Crippen LogP contribution in [0.5, 0.6) is 11.8 Å². The summed E-state index contributed by atoms with van der Waals surface area (Å²) < 4.78 is 45.9. The van der Waals surface area contributed by atoms with Gasteiger partial charge in [-0.25, -0.2) is 19.9 Å². The van der Waals surface area contributed by atoms with Gasteiger partial charge in [-0.1, -0.05) is 13.8 Å². The molecule has 0 N–H and O–H groups in total. The zero-order valence-corrected chi connectivity index (χ0v) is 12.5. The van der Waals surface area contributed by atoms with Gasteiger partial charge in [0.2, 0.25) is 11.8 Å². The van der Waals surface area contributed by atoms with Gasteiger partial charge in [-0.3, -0.25) is 0 Å². The first-order valence-corrected chi connectivity index (χ1v) is 6.73. The molecule has 0 atom stereocenters. The summed E-state index contributed by atoms with van der Waals surface area (Å²) in [5.74, 6) is 0.469. The molecular weight excluding hydrogens is 313 g/mol. The standard InChI is InChI=1S/C14H14F3N4O2/c1-9(2)7-22-12-5-18-10(3-20-12)11-4-21-13(6-19-11)23-8-14(15,16)17/h3,5-6,9H,7-8H2,1-2H3. The summed E-state index contributed by atoms with van der Waals surface area (Å²) in [6.07, 6.45) is 1.96. The Morgan fingerprint density at radius 2 is 1.78 bits per heavy atom. The maximum atomic E-state index is 12.0. The number of nitrogens with zero attached hydrogens (tertiary/aromatic N) is 4. The van der Waals surface area contributed by atoms with E-state index >= 15 is 0 Å². The summed E-state index contributed by atoms with van der Waals surface area (Å²) in [5.41, 5.74) is 0.615. The van der Waals surface area contributed by atoms with Gasteiger partial charge in [0.05, 0.1) is 25.2 Å². The largest absolute Gasteiger partial charge is 0.476 e. The highest BCUT2D eigenvalue weighted by atomic mass is 19.4. The third-order valence-corrected chi connectivity index (χ3v) is 2.40. The Bertz CT molecular complexity index is 615. The van der Waals surface area contributed by atoms with Gasteiger partial charge in [-0.15, -0.1) is 0 Å². The van der Waals surface area contributed by atoms with Gasteiger partial charge in [0.25, 0.3) is 0 Å². The molecule has 0 aliphatic carbocycles.